The fraction of sp³-hybridized carbons (Fsp3) is 0.750. The number of alkyl halides is 1. The van der Waals surface area contributed by atoms with Gasteiger partial charge in [-0.1, -0.05) is 56.9 Å². The molecule has 0 amide bonds. The Morgan fingerprint density at radius 2 is 1.32 bits per heavy atom. The van der Waals surface area contributed by atoms with Crippen LogP contribution in [0.3, 0.4) is 0 Å². The number of hydrogen-bond acceptors (Lipinski definition) is 0. The molecule has 0 N–H and O–H groups in total. The molecule has 1 aromatic carbocycles. The quantitative estimate of drug-likeness (QED) is 0.523. The van der Waals surface area contributed by atoms with Gasteiger partial charge in [-0.2, -0.15) is 0 Å². The molecule has 0 unspecified atom stereocenters. The van der Waals surface area contributed by atoms with Crippen LogP contribution in [-0.2, 0) is 0 Å². The molecule has 3 saturated carbocycles. The van der Waals surface area contributed by atoms with Crippen molar-refractivity contribution >= 4 is 0 Å². The first-order chi connectivity index (χ1) is 12.2. The first kappa shape index (κ1) is 17.6. The molecule has 0 radical (unpaired) electrons. The first-order valence-electron chi connectivity index (χ1n) is 11.0. The monoisotopic (exact) mass is 342 g/mol. The molecule has 1 heteroatoms. The Morgan fingerprint density at radius 1 is 0.800 bits per heavy atom. The van der Waals surface area contributed by atoms with Gasteiger partial charge in [-0.05, 0) is 79.7 Å². The summed E-state index contributed by atoms with van der Waals surface area (Å²) in [4.78, 5) is 0. The second-order valence-corrected chi connectivity index (χ2v) is 9.21. The van der Waals surface area contributed by atoms with Crippen LogP contribution in [0, 0.1) is 17.8 Å². The summed E-state index contributed by atoms with van der Waals surface area (Å²) in [6.07, 6.45) is 14.6. The standard InChI is InChI=1S/C24H35F/c1-2-3-17-4-6-18(7-5-17)19-8-10-20(11-9-19)21-12-14-22(15-13-21)23-16-24(23)25/h12-15,17-20,23-24H,2-11,16H2,1H3/t17?,18?,19?,20?,23-,24-/m1/s1. The number of halogens is 1. The lowest BCUT2D eigenvalue weighted by molar-refractivity contribution is 0.156. The zero-order valence-corrected chi connectivity index (χ0v) is 15.9. The van der Waals surface area contributed by atoms with Gasteiger partial charge in [0.2, 0.25) is 0 Å². The lowest BCUT2D eigenvalue weighted by atomic mass is 9.68. The highest BCUT2D eigenvalue weighted by Gasteiger charge is 2.38. The maximum atomic E-state index is 13.2. The van der Waals surface area contributed by atoms with E-state index >= 15 is 0 Å². The Bertz CT molecular complexity index is 532. The molecule has 0 spiro atoms. The Hall–Kier alpha value is -0.850. The minimum Gasteiger partial charge on any atom is -0.247 e. The summed E-state index contributed by atoms with van der Waals surface area (Å²) in [7, 11) is 0. The fourth-order valence-corrected chi connectivity index (χ4v) is 5.80. The van der Waals surface area contributed by atoms with E-state index < -0.39 is 6.17 Å². The molecule has 0 nitrogen and oxygen atoms in total. The molecule has 3 aliphatic carbocycles. The molecule has 4 rings (SSSR count). The smallest absolute Gasteiger partial charge is 0.108 e. The minimum absolute atomic E-state index is 0.202. The Labute approximate surface area is 153 Å². The molecular weight excluding hydrogens is 307 g/mol. The maximum absolute atomic E-state index is 13.2. The molecule has 0 bridgehead atoms. The fourth-order valence-electron chi connectivity index (χ4n) is 5.80. The molecule has 3 aliphatic rings. The van der Waals surface area contributed by atoms with Crippen LogP contribution in [0.15, 0.2) is 24.3 Å². The first-order valence-corrected chi connectivity index (χ1v) is 11.0. The third kappa shape index (κ3) is 4.12. The third-order valence-electron chi connectivity index (χ3n) is 7.58. The molecule has 0 saturated heterocycles. The molecular formula is C24H35F. The summed E-state index contributed by atoms with van der Waals surface area (Å²) >= 11 is 0. The summed E-state index contributed by atoms with van der Waals surface area (Å²) < 4.78 is 13.2. The van der Waals surface area contributed by atoms with Gasteiger partial charge < -0.3 is 0 Å². The van der Waals surface area contributed by atoms with E-state index in [-0.39, 0.29) is 5.92 Å². The summed E-state index contributed by atoms with van der Waals surface area (Å²) in [6, 6.07) is 8.98. The summed E-state index contributed by atoms with van der Waals surface area (Å²) in [5.74, 6) is 4.01. The average molecular weight is 343 g/mol. The number of benzene rings is 1. The van der Waals surface area contributed by atoms with Crippen LogP contribution >= 0.6 is 0 Å². The van der Waals surface area contributed by atoms with Crippen molar-refractivity contribution in [2.75, 3.05) is 0 Å². The van der Waals surface area contributed by atoms with Crippen molar-refractivity contribution in [1.82, 2.24) is 0 Å². The highest BCUT2D eigenvalue weighted by molar-refractivity contribution is 5.31. The molecule has 138 valence electrons. The van der Waals surface area contributed by atoms with Gasteiger partial charge in [0, 0.05) is 5.92 Å². The molecule has 0 heterocycles. The van der Waals surface area contributed by atoms with Crippen LogP contribution in [-0.4, -0.2) is 6.17 Å². The van der Waals surface area contributed by atoms with Gasteiger partial charge in [0.15, 0.2) is 0 Å². The molecule has 1 aromatic rings. The highest BCUT2D eigenvalue weighted by atomic mass is 19.1. The second kappa shape index (κ2) is 7.80. The van der Waals surface area contributed by atoms with Crippen LogP contribution in [0.4, 0.5) is 4.39 Å². The van der Waals surface area contributed by atoms with E-state index in [0.717, 1.165) is 30.1 Å². The van der Waals surface area contributed by atoms with Crippen LogP contribution in [0.2, 0.25) is 0 Å². The van der Waals surface area contributed by atoms with Gasteiger partial charge in [-0.3, -0.25) is 0 Å². The number of rotatable bonds is 5. The van der Waals surface area contributed by atoms with Crippen molar-refractivity contribution in [2.45, 2.75) is 95.6 Å². The zero-order chi connectivity index (χ0) is 17.2. The van der Waals surface area contributed by atoms with Crippen LogP contribution < -0.4 is 0 Å². The highest BCUT2D eigenvalue weighted by Crippen LogP contribution is 2.46. The zero-order valence-electron chi connectivity index (χ0n) is 15.9. The predicted molar refractivity (Wildman–Crippen MR) is 104 cm³/mol. The topological polar surface area (TPSA) is 0 Å². The minimum atomic E-state index is -0.575. The van der Waals surface area contributed by atoms with Gasteiger partial charge in [-0.15, -0.1) is 0 Å². The Kier molecular flexibility index (Phi) is 5.48. The number of hydrogen-bond donors (Lipinski definition) is 0. The Balaban J connectivity index is 1.25. The van der Waals surface area contributed by atoms with Gasteiger partial charge >= 0.3 is 0 Å². The van der Waals surface area contributed by atoms with Crippen molar-refractivity contribution < 1.29 is 4.39 Å². The SMILES string of the molecule is CCCC1CCC(C2CCC(c3ccc([C@H]4C[C@H]4F)cc3)CC2)CC1. The van der Waals surface area contributed by atoms with E-state index in [1.807, 2.05) is 0 Å². The van der Waals surface area contributed by atoms with E-state index in [9.17, 15) is 4.39 Å². The van der Waals surface area contributed by atoms with E-state index in [4.69, 9.17) is 0 Å². The molecule has 25 heavy (non-hydrogen) atoms. The molecule has 3 fully saturated rings. The average Bonchev–Trinajstić information content (AvgIpc) is 3.40. The summed E-state index contributed by atoms with van der Waals surface area (Å²) in [5, 5.41) is 0. The van der Waals surface area contributed by atoms with Crippen LogP contribution in [0.5, 0.6) is 0 Å². The molecule has 0 aliphatic heterocycles. The van der Waals surface area contributed by atoms with Gasteiger partial charge in [0.25, 0.3) is 0 Å². The lowest BCUT2D eigenvalue weighted by Crippen LogP contribution is -2.25. The van der Waals surface area contributed by atoms with Crippen molar-refractivity contribution in [1.29, 1.82) is 0 Å². The van der Waals surface area contributed by atoms with E-state index in [1.54, 1.807) is 0 Å². The Morgan fingerprint density at radius 3 is 1.84 bits per heavy atom. The van der Waals surface area contributed by atoms with Crippen molar-refractivity contribution in [3.05, 3.63) is 35.4 Å². The summed E-state index contributed by atoms with van der Waals surface area (Å²) in [5.41, 5.74) is 2.72. The lowest BCUT2D eigenvalue weighted by Gasteiger charge is -2.38. The molecule has 2 atom stereocenters. The maximum Gasteiger partial charge on any atom is 0.108 e. The second-order valence-electron chi connectivity index (χ2n) is 9.21. The molecule has 0 aromatic heterocycles. The third-order valence-corrected chi connectivity index (χ3v) is 7.58. The van der Waals surface area contributed by atoms with E-state index in [0.29, 0.717) is 0 Å². The largest absolute Gasteiger partial charge is 0.247 e. The normalized spacial score (nSPS) is 38.5. The predicted octanol–water partition coefficient (Wildman–Crippen LogP) is 7.39. The van der Waals surface area contributed by atoms with Crippen molar-refractivity contribution in [3.63, 3.8) is 0 Å². The van der Waals surface area contributed by atoms with Gasteiger partial charge in [0.1, 0.15) is 6.17 Å². The summed E-state index contributed by atoms with van der Waals surface area (Å²) in [6.45, 7) is 2.33. The van der Waals surface area contributed by atoms with Crippen LogP contribution in [0.25, 0.3) is 0 Å². The van der Waals surface area contributed by atoms with E-state index in [2.05, 4.69) is 31.2 Å². The van der Waals surface area contributed by atoms with Gasteiger partial charge in [-0.25, -0.2) is 4.39 Å². The van der Waals surface area contributed by atoms with E-state index in [1.165, 1.54) is 75.3 Å². The van der Waals surface area contributed by atoms with Crippen molar-refractivity contribution in [3.8, 4) is 0 Å². The van der Waals surface area contributed by atoms with Crippen molar-refractivity contribution in [2.24, 2.45) is 17.8 Å². The van der Waals surface area contributed by atoms with Gasteiger partial charge in [0.05, 0.1) is 0 Å². The van der Waals surface area contributed by atoms with Crippen LogP contribution in [0.1, 0.15) is 101 Å².